The molecule has 5 aliphatic carbocycles. The van der Waals surface area contributed by atoms with E-state index in [-0.39, 0.29) is 83.0 Å². The van der Waals surface area contributed by atoms with Gasteiger partial charge in [0.2, 0.25) is 0 Å². The van der Waals surface area contributed by atoms with Crippen molar-refractivity contribution in [2.75, 3.05) is 0 Å². The van der Waals surface area contributed by atoms with Gasteiger partial charge in [0, 0.05) is 24.5 Å². The van der Waals surface area contributed by atoms with Crippen LogP contribution in [0.5, 0.6) is 28.7 Å². The number of carbonyl (C=O) groups is 5. The molecule has 10 aromatic rings. The third-order valence-corrected chi connectivity index (χ3v) is 30.9. The quantitative estimate of drug-likeness (QED) is 0.00832. The van der Waals surface area contributed by atoms with E-state index in [0.717, 1.165) is 153 Å². The second kappa shape index (κ2) is 70.0. The van der Waals surface area contributed by atoms with E-state index in [2.05, 4.69) is 219 Å². The molecule has 0 saturated heterocycles. The highest BCUT2D eigenvalue weighted by atomic mass is 32.1. The first-order chi connectivity index (χ1) is 68.3. The molecule has 20 heteroatoms. The Labute approximate surface area is 891 Å². The molecular weight excluding hydrogens is 1920 g/mol. The second-order valence-electron chi connectivity index (χ2n) is 40.1. The van der Waals surface area contributed by atoms with Crippen LogP contribution in [0, 0.1) is 29.6 Å². The number of esters is 5. The Bertz CT molecular complexity index is 4430. The Balaban J connectivity index is 0.000000275. The van der Waals surface area contributed by atoms with E-state index in [9.17, 15) is 24.0 Å². The SMILES string of the molecule is CCCCCCc1ccc(C2CCC(C(=O)Oc3ccc(S)cc3)CC2)cc1.CCCCCCc1ccc(C2CCC(C(=O)Oc3ccc(S)cc3)CC2)cc1.CCCCCCc1ccc(C2CCC(C(=O)Oc3ccc(S)cc3)CC2)cc1.CCCCCCc1ccc(C2CCC(C(=O)Oc3ccc(S)cc3)CC2)cc1.CCCCCCc1ccc(C2CCC(C(=O)Oc3ccc(S)cc3)CC2)cc1.F.F.F.F.F. The van der Waals surface area contributed by atoms with Gasteiger partial charge in [-0.1, -0.05) is 252 Å². The summed E-state index contributed by atoms with van der Waals surface area (Å²) in [6.45, 7) is 11.3. The minimum atomic E-state index is -0.0900. The van der Waals surface area contributed by atoms with Crippen LogP contribution in [0.3, 0.4) is 0 Å². The summed E-state index contributed by atoms with van der Waals surface area (Å²) in [7, 11) is 0. The van der Waals surface area contributed by atoms with Crippen molar-refractivity contribution in [3.05, 3.63) is 298 Å². The lowest BCUT2D eigenvalue weighted by Gasteiger charge is -2.27. The monoisotopic (exact) mass is 2080 g/mol. The Hall–Kier alpha value is -9.05. The molecular formula is C125H165F5O10S5. The first-order valence-corrected chi connectivity index (χ1v) is 56.0. The molecule has 5 fully saturated rings. The number of unbranched alkanes of at least 4 members (excludes halogenated alkanes) is 15. The Morgan fingerprint density at radius 2 is 0.317 bits per heavy atom. The van der Waals surface area contributed by atoms with E-state index < -0.39 is 0 Å². The molecule has 0 bridgehead atoms. The molecule has 0 heterocycles. The molecule has 0 aromatic heterocycles. The second-order valence-corrected chi connectivity index (χ2v) is 42.7. The summed E-state index contributed by atoms with van der Waals surface area (Å²) < 4.78 is 27.7. The highest BCUT2D eigenvalue weighted by molar-refractivity contribution is 7.81. The zero-order valence-electron chi connectivity index (χ0n) is 86.5. The van der Waals surface area contributed by atoms with Gasteiger partial charge in [-0.3, -0.25) is 47.5 Å². The van der Waals surface area contributed by atoms with Gasteiger partial charge in [0.05, 0.1) is 29.6 Å². The third kappa shape index (κ3) is 44.7. The molecule has 15 rings (SSSR count). The predicted molar refractivity (Wildman–Crippen MR) is 604 cm³/mol. The summed E-state index contributed by atoms with van der Waals surface area (Å²) >= 11 is 21.3. The molecule has 0 N–H and O–H groups in total. The van der Waals surface area contributed by atoms with E-state index >= 15 is 0 Å². The summed E-state index contributed by atoms with van der Waals surface area (Å²) in [6.07, 6.45) is 51.9. The molecule has 0 aliphatic heterocycles. The van der Waals surface area contributed by atoms with Crippen LogP contribution in [0.15, 0.2) is 267 Å². The zero-order chi connectivity index (χ0) is 98.8. The number of hydrogen-bond donors (Lipinski definition) is 5. The van der Waals surface area contributed by atoms with Crippen LogP contribution in [-0.2, 0) is 56.1 Å². The molecule has 0 unspecified atom stereocenters. The Morgan fingerprint density at radius 3 is 0.441 bits per heavy atom. The van der Waals surface area contributed by atoms with Gasteiger partial charge in [-0.05, 0) is 399 Å². The van der Waals surface area contributed by atoms with Crippen molar-refractivity contribution in [2.24, 2.45) is 29.6 Å². The van der Waals surface area contributed by atoms with Gasteiger partial charge in [0.1, 0.15) is 28.7 Å². The van der Waals surface area contributed by atoms with Gasteiger partial charge in [0.25, 0.3) is 0 Å². The maximum Gasteiger partial charge on any atom is 0.314 e. The predicted octanol–water partition coefficient (Wildman–Crippen LogP) is 35.7. The number of ether oxygens (including phenoxy) is 5. The summed E-state index contributed by atoms with van der Waals surface area (Å²) in [4.78, 5) is 66.6. The molecule has 0 amide bonds. The van der Waals surface area contributed by atoms with Crippen LogP contribution in [-0.4, -0.2) is 29.8 Å². The maximum atomic E-state index is 12.4. The number of carbonyl (C=O) groups excluding carboxylic acids is 5. The average Bonchev–Trinajstić information content (AvgIpc) is 0.852. The van der Waals surface area contributed by atoms with Gasteiger partial charge in [0.15, 0.2) is 0 Å². The van der Waals surface area contributed by atoms with Crippen LogP contribution >= 0.6 is 63.1 Å². The van der Waals surface area contributed by atoms with E-state index in [1.165, 1.54) is 216 Å². The van der Waals surface area contributed by atoms with E-state index in [1.54, 1.807) is 60.7 Å². The van der Waals surface area contributed by atoms with Crippen LogP contribution in [0.1, 0.15) is 377 Å². The van der Waals surface area contributed by atoms with Gasteiger partial charge in [-0.25, -0.2) is 0 Å². The van der Waals surface area contributed by atoms with Crippen molar-refractivity contribution >= 4 is 93.0 Å². The van der Waals surface area contributed by atoms with Crippen LogP contribution < -0.4 is 23.7 Å². The van der Waals surface area contributed by atoms with Gasteiger partial charge >= 0.3 is 29.8 Å². The van der Waals surface area contributed by atoms with Crippen molar-refractivity contribution in [1.29, 1.82) is 0 Å². The lowest BCUT2D eigenvalue weighted by Crippen LogP contribution is -2.25. The molecule has 0 spiro atoms. The number of halogens is 5. The molecule has 790 valence electrons. The minimum absolute atomic E-state index is 0. The van der Waals surface area contributed by atoms with E-state index in [1.807, 2.05) is 60.7 Å². The summed E-state index contributed by atoms with van der Waals surface area (Å²) in [5.74, 6) is 5.55. The number of benzene rings is 10. The number of thiol groups is 5. The van der Waals surface area contributed by atoms with Crippen molar-refractivity contribution in [2.45, 2.75) is 378 Å². The largest absolute Gasteiger partial charge is 0.426 e. The van der Waals surface area contributed by atoms with Crippen LogP contribution in [0.25, 0.3) is 0 Å². The van der Waals surface area contributed by atoms with Gasteiger partial charge < -0.3 is 23.7 Å². The van der Waals surface area contributed by atoms with E-state index in [4.69, 9.17) is 23.7 Å². The highest BCUT2D eigenvalue weighted by Crippen LogP contribution is 2.43. The molecule has 145 heavy (non-hydrogen) atoms. The topological polar surface area (TPSA) is 132 Å². The smallest absolute Gasteiger partial charge is 0.314 e. The first kappa shape index (κ1) is 125. The normalized spacial score (nSPS) is 18.7. The highest BCUT2D eigenvalue weighted by Gasteiger charge is 2.34. The lowest BCUT2D eigenvalue weighted by molar-refractivity contribution is -0.141. The van der Waals surface area contributed by atoms with Crippen LogP contribution in [0.4, 0.5) is 23.5 Å². The molecule has 10 aromatic carbocycles. The van der Waals surface area contributed by atoms with Crippen molar-refractivity contribution in [3.8, 4) is 28.7 Å². The number of aryl methyl sites for hydroxylation is 5. The van der Waals surface area contributed by atoms with Gasteiger partial charge in [-0.15, -0.1) is 63.1 Å². The molecule has 5 saturated carbocycles. The van der Waals surface area contributed by atoms with Crippen molar-refractivity contribution < 1.29 is 71.2 Å². The molecule has 0 radical (unpaired) electrons. The first-order valence-electron chi connectivity index (χ1n) is 53.7. The lowest BCUT2D eigenvalue weighted by atomic mass is 9.78. The fourth-order valence-corrected chi connectivity index (χ4v) is 21.2. The Morgan fingerprint density at radius 1 is 0.186 bits per heavy atom. The maximum absolute atomic E-state index is 12.4. The standard InChI is InChI=1S/5C25H32O2S.5FH/c5*1-2-3-4-5-6-19-7-9-20(10-8-19)21-11-13-22(14-12-21)25(26)27-23-15-17-24(28)18-16-23;;;;;/h5*7-10,15-18,21-22,28H,2-6,11-14H2,1H3;5*1H. The van der Waals surface area contributed by atoms with Crippen molar-refractivity contribution in [3.63, 3.8) is 0 Å². The average molecular weight is 2080 g/mol. The molecule has 0 atom stereocenters. The zero-order valence-corrected chi connectivity index (χ0v) is 91.0. The van der Waals surface area contributed by atoms with Crippen LogP contribution in [0.2, 0.25) is 0 Å². The Kier molecular flexibility index (Phi) is 60.2. The summed E-state index contributed by atoms with van der Waals surface area (Å²) in [5, 5.41) is 0. The fourth-order valence-electron chi connectivity index (χ4n) is 20.4. The molecule has 5 aliphatic rings. The summed E-state index contributed by atoms with van der Waals surface area (Å²) in [5.41, 5.74) is 14.4. The van der Waals surface area contributed by atoms with Gasteiger partial charge in [-0.2, -0.15) is 0 Å². The van der Waals surface area contributed by atoms with Crippen molar-refractivity contribution in [1.82, 2.24) is 0 Å². The molecule has 10 nitrogen and oxygen atoms in total. The fraction of sp³-hybridized carbons (Fsp3) is 0.480. The number of rotatable bonds is 40. The summed E-state index contributed by atoms with van der Waals surface area (Å²) in [6, 6.07) is 82.5. The number of hydrogen-bond acceptors (Lipinski definition) is 15. The third-order valence-electron chi connectivity index (χ3n) is 29.4. The minimum Gasteiger partial charge on any atom is -0.426 e. The van der Waals surface area contributed by atoms with E-state index in [0.29, 0.717) is 58.3 Å².